The van der Waals surface area contributed by atoms with E-state index in [0.29, 0.717) is 0 Å². The van der Waals surface area contributed by atoms with E-state index in [1.165, 1.54) is 0 Å². The maximum Gasteiger partial charge on any atom is 0.408 e. The number of hydrogen-bond donors (Lipinski definition) is 2. The molecular formula is C22H30N2O7. The smallest absolute Gasteiger partial charge is 0.408 e. The van der Waals surface area contributed by atoms with Crippen LogP contribution in [0.1, 0.15) is 46.6 Å². The van der Waals surface area contributed by atoms with Crippen LogP contribution in [0.3, 0.4) is 0 Å². The highest BCUT2D eigenvalue weighted by Gasteiger charge is 2.53. The summed E-state index contributed by atoms with van der Waals surface area (Å²) in [7, 11) is 0. The number of amides is 2. The minimum Gasteiger partial charge on any atom is -0.461 e. The van der Waals surface area contributed by atoms with Crippen molar-refractivity contribution in [1.82, 2.24) is 10.6 Å². The van der Waals surface area contributed by atoms with Gasteiger partial charge in [0, 0.05) is 0 Å². The molecule has 1 aliphatic rings. The van der Waals surface area contributed by atoms with Gasteiger partial charge in [0.25, 0.3) is 0 Å². The normalized spacial score (nSPS) is 19.0. The van der Waals surface area contributed by atoms with Crippen molar-refractivity contribution in [3.8, 4) is 0 Å². The lowest BCUT2D eigenvalue weighted by Crippen LogP contribution is -2.70. The number of cyclic esters (lactones) is 1. The zero-order valence-corrected chi connectivity index (χ0v) is 18.5. The Balaban J connectivity index is 2.07. The first-order valence-corrected chi connectivity index (χ1v) is 10.1. The number of alkyl carbamates (subject to hydrolysis) is 1. The third-order valence-electron chi connectivity index (χ3n) is 4.75. The molecule has 9 nitrogen and oxygen atoms in total. The van der Waals surface area contributed by atoms with E-state index in [9.17, 15) is 19.2 Å². The van der Waals surface area contributed by atoms with Gasteiger partial charge in [-0.1, -0.05) is 44.2 Å². The molecule has 1 saturated heterocycles. The second kappa shape index (κ2) is 9.80. The molecule has 2 atom stereocenters. The summed E-state index contributed by atoms with van der Waals surface area (Å²) in [5, 5.41) is 5.04. The van der Waals surface area contributed by atoms with Crippen LogP contribution in [0.15, 0.2) is 30.3 Å². The van der Waals surface area contributed by atoms with Crippen molar-refractivity contribution in [2.75, 3.05) is 6.61 Å². The Bertz CT molecular complexity index is 817. The lowest BCUT2D eigenvalue weighted by Gasteiger charge is -2.43. The van der Waals surface area contributed by atoms with Gasteiger partial charge in [0.2, 0.25) is 5.91 Å². The Morgan fingerprint density at radius 1 is 1.16 bits per heavy atom. The zero-order valence-electron chi connectivity index (χ0n) is 18.5. The van der Waals surface area contributed by atoms with Crippen molar-refractivity contribution in [3.63, 3.8) is 0 Å². The van der Waals surface area contributed by atoms with Crippen LogP contribution in [0.2, 0.25) is 0 Å². The molecule has 0 aromatic heterocycles. The standard InChI is InChI=1S/C22H30N2O7/c1-14(2)22(13-30-19(22)27)24-18(26)16(23-20(28)31-21(3,4)5)11-17(25)29-12-15-9-7-6-8-10-15/h6-10,14,16H,11-13H2,1-5H3,(H,23,28)(H,24,26)/t16-,22+/m0/s1. The molecule has 1 heterocycles. The van der Waals surface area contributed by atoms with Crippen LogP contribution in [0.4, 0.5) is 4.79 Å². The van der Waals surface area contributed by atoms with E-state index in [2.05, 4.69) is 10.6 Å². The first kappa shape index (κ1) is 24.2. The maximum absolute atomic E-state index is 12.9. The van der Waals surface area contributed by atoms with E-state index in [-0.39, 0.29) is 19.1 Å². The summed E-state index contributed by atoms with van der Waals surface area (Å²) < 4.78 is 15.3. The van der Waals surface area contributed by atoms with E-state index in [0.717, 1.165) is 5.56 Å². The number of benzene rings is 1. The molecule has 0 spiro atoms. The average molecular weight is 434 g/mol. The van der Waals surface area contributed by atoms with Crippen molar-refractivity contribution in [3.05, 3.63) is 35.9 Å². The molecule has 170 valence electrons. The molecule has 1 aromatic carbocycles. The minimum atomic E-state index is -1.29. The third-order valence-corrected chi connectivity index (χ3v) is 4.75. The summed E-state index contributed by atoms with van der Waals surface area (Å²) in [5.74, 6) is -2.19. The molecular weight excluding hydrogens is 404 g/mol. The zero-order chi connectivity index (χ0) is 23.2. The first-order valence-electron chi connectivity index (χ1n) is 10.1. The summed E-state index contributed by atoms with van der Waals surface area (Å²) in [6.07, 6.45) is -1.29. The summed E-state index contributed by atoms with van der Waals surface area (Å²) >= 11 is 0. The van der Waals surface area contributed by atoms with E-state index in [4.69, 9.17) is 14.2 Å². The fourth-order valence-corrected chi connectivity index (χ4v) is 2.85. The molecule has 31 heavy (non-hydrogen) atoms. The molecule has 2 rings (SSSR count). The SMILES string of the molecule is CC(C)[C@]1(NC(=O)[C@H](CC(=O)OCc2ccccc2)NC(=O)OC(C)(C)C)COC1=O. The second-order valence-corrected chi connectivity index (χ2v) is 8.74. The van der Waals surface area contributed by atoms with Gasteiger partial charge in [0.15, 0.2) is 5.54 Å². The van der Waals surface area contributed by atoms with Crippen molar-refractivity contribution >= 4 is 23.9 Å². The summed E-state index contributed by atoms with van der Waals surface area (Å²) in [6.45, 7) is 8.61. The molecule has 9 heteroatoms. The van der Waals surface area contributed by atoms with Gasteiger partial charge in [0.1, 0.15) is 24.9 Å². The average Bonchev–Trinajstić information content (AvgIpc) is 2.67. The van der Waals surface area contributed by atoms with Crippen molar-refractivity contribution < 1.29 is 33.4 Å². The molecule has 0 saturated carbocycles. The molecule has 0 aliphatic carbocycles. The Hall–Kier alpha value is -3.10. The Morgan fingerprint density at radius 2 is 1.81 bits per heavy atom. The van der Waals surface area contributed by atoms with Crippen LogP contribution < -0.4 is 10.6 Å². The van der Waals surface area contributed by atoms with E-state index in [1.807, 2.05) is 18.2 Å². The monoisotopic (exact) mass is 434 g/mol. The van der Waals surface area contributed by atoms with Gasteiger partial charge in [0.05, 0.1) is 6.42 Å². The van der Waals surface area contributed by atoms with Gasteiger partial charge in [-0.25, -0.2) is 9.59 Å². The highest BCUT2D eigenvalue weighted by molar-refractivity contribution is 5.96. The van der Waals surface area contributed by atoms with Crippen LogP contribution in [-0.4, -0.2) is 47.7 Å². The lowest BCUT2D eigenvalue weighted by atomic mass is 9.83. The van der Waals surface area contributed by atoms with E-state index >= 15 is 0 Å². The Labute approximate surface area is 181 Å². The highest BCUT2D eigenvalue weighted by atomic mass is 16.6. The van der Waals surface area contributed by atoms with E-state index < -0.39 is 47.5 Å². The van der Waals surface area contributed by atoms with Gasteiger partial charge in [-0.15, -0.1) is 0 Å². The predicted molar refractivity (Wildman–Crippen MR) is 111 cm³/mol. The second-order valence-electron chi connectivity index (χ2n) is 8.74. The molecule has 1 fully saturated rings. The van der Waals surface area contributed by atoms with Gasteiger partial charge in [-0.05, 0) is 32.3 Å². The number of rotatable bonds is 8. The number of nitrogens with one attached hydrogen (secondary N) is 2. The number of carbonyl (C=O) groups excluding carboxylic acids is 4. The van der Waals surface area contributed by atoms with Gasteiger partial charge in [-0.2, -0.15) is 0 Å². The van der Waals surface area contributed by atoms with Crippen molar-refractivity contribution in [2.24, 2.45) is 5.92 Å². The molecule has 1 aromatic rings. The molecule has 2 N–H and O–H groups in total. The van der Waals surface area contributed by atoms with E-state index in [1.54, 1.807) is 46.8 Å². The largest absolute Gasteiger partial charge is 0.461 e. The number of ether oxygens (including phenoxy) is 3. The van der Waals surface area contributed by atoms with Crippen LogP contribution >= 0.6 is 0 Å². The molecule has 2 amide bonds. The van der Waals surface area contributed by atoms with Crippen LogP contribution in [0.5, 0.6) is 0 Å². The predicted octanol–water partition coefficient (Wildman–Crippen LogP) is 2.08. The number of hydrogen-bond acceptors (Lipinski definition) is 7. The molecule has 0 radical (unpaired) electrons. The van der Waals surface area contributed by atoms with Crippen LogP contribution in [0, 0.1) is 5.92 Å². The number of carbonyl (C=O) groups is 4. The highest BCUT2D eigenvalue weighted by Crippen LogP contribution is 2.28. The first-order chi connectivity index (χ1) is 14.4. The van der Waals surface area contributed by atoms with Crippen molar-refractivity contribution in [1.29, 1.82) is 0 Å². The molecule has 1 aliphatic heterocycles. The third kappa shape index (κ3) is 6.70. The quantitative estimate of drug-likeness (QED) is 0.475. The van der Waals surface area contributed by atoms with Gasteiger partial charge >= 0.3 is 18.0 Å². The fourth-order valence-electron chi connectivity index (χ4n) is 2.85. The van der Waals surface area contributed by atoms with Crippen molar-refractivity contribution in [2.45, 2.75) is 64.8 Å². The Morgan fingerprint density at radius 3 is 2.29 bits per heavy atom. The maximum atomic E-state index is 12.9. The number of esters is 2. The summed E-state index contributed by atoms with van der Waals surface area (Å²) in [6, 6.07) is 7.77. The lowest BCUT2D eigenvalue weighted by molar-refractivity contribution is -0.182. The van der Waals surface area contributed by atoms with Gasteiger partial charge < -0.3 is 24.8 Å². The molecule has 0 bridgehead atoms. The topological polar surface area (TPSA) is 120 Å². The fraction of sp³-hybridized carbons (Fsp3) is 0.545. The van der Waals surface area contributed by atoms with Gasteiger partial charge in [-0.3, -0.25) is 9.59 Å². The van der Waals surface area contributed by atoms with Crippen LogP contribution in [0.25, 0.3) is 0 Å². The van der Waals surface area contributed by atoms with Crippen LogP contribution in [-0.2, 0) is 35.2 Å². The summed E-state index contributed by atoms with van der Waals surface area (Å²) in [5.41, 5.74) is -1.21. The molecule has 0 unspecified atom stereocenters. The Kier molecular flexibility index (Phi) is 7.65. The summed E-state index contributed by atoms with van der Waals surface area (Å²) in [4.78, 5) is 49.5. The minimum absolute atomic E-state index is 0.0207.